The predicted octanol–water partition coefficient (Wildman–Crippen LogP) is 1.89. The number of ether oxygens (including phenoxy) is 3. The molecule has 1 saturated heterocycles. The lowest BCUT2D eigenvalue weighted by Gasteiger charge is -2.13. The third-order valence-electron chi connectivity index (χ3n) is 3.10. The summed E-state index contributed by atoms with van der Waals surface area (Å²) < 4.78 is 15.8. The first-order valence-electron chi connectivity index (χ1n) is 6.62. The van der Waals surface area contributed by atoms with Crippen molar-refractivity contribution in [1.29, 1.82) is 0 Å². The van der Waals surface area contributed by atoms with E-state index in [9.17, 15) is 4.79 Å². The second kappa shape index (κ2) is 6.99. The van der Waals surface area contributed by atoms with E-state index in [2.05, 4.69) is 0 Å². The lowest BCUT2D eigenvalue weighted by molar-refractivity contribution is -0.162. The Hall–Kier alpha value is -2.21. The summed E-state index contributed by atoms with van der Waals surface area (Å²) in [6, 6.07) is 3.55. The van der Waals surface area contributed by atoms with Gasteiger partial charge in [-0.2, -0.15) is 0 Å². The molecule has 0 N–H and O–H groups in total. The van der Waals surface area contributed by atoms with Crippen LogP contribution in [0.1, 0.15) is 12.0 Å². The van der Waals surface area contributed by atoms with Gasteiger partial charge in [-0.25, -0.2) is 5.06 Å². The second-order valence-corrected chi connectivity index (χ2v) is 4.42. The van der Waals surface area contributed by atoms with Gasteiger partial charge >= 0.3 is 0 Å². The van der Waals surface area contributed by atoms with Crippen LogP contribution in [-0.2, 0) is 9.63 Å². The molecule has 6 nitrogen and oxygen atoms in total. The molecule has 0 saturated carbocycles. The summed E-state index contributed by atoms with van der Waals surface area (Å²) in [7, 11) is 4.64. The second-order valence-electron chi connectivity index (χ2n) is 4.42. The molecular formula is C15H19NO5. The van der Waals surface area contributed by atoms with E-state index in [4.69, 9.17) is 19.0 Å². The number of amides is 1. The van der Waals surface area contributed by atoms with Crippen LogP contribution in [0.5, 0.6) is 17.2 Å². The molecule has 0 unspecified atom stereocenters. The summed E-state index contributed by atoms with van der Waals surface area (Å²) in [6.45, 7) is 1.21. The van der Waals surface area contributed by atoms with Crippen molar-refractivity contribution in [2.45, 2.75) is 6.42 Å². The Balaban J connectivity index is 2.21. The van der Waals surface area contributed by atoms with Gasteiger partial charge in [-0.1, -0.05) is 0 Å². The fourth-order valence-corrected chi connectivity index (χ4v) is 2.07. The van der Waals surface area contributed by atoms with E-state index in [1.54, 1.807) is 39.5 Å². The van der Waals surface area contributed by atoms with Crippen LogP contribution in [-0.4, -0.2) is 45.5 Å². The van der Waals surface area contributed by atoms with Crippen LogP contribution in [0.2, 0.25) is 0 Å². The van der Waals surface area contributed by atoms with Gasteiger partial charge in [0.1, 0.15) is 0 Å². The monoisotopic (exact) mass is 293 g/mol. The van der Waals surface area contributed by atoms with E-state index in [1.165, 1.54) is 11.1 Å². The maximum absolute atomic E-state index is 11.9. The van der Waals surface area contributed by atoms with Crippen LogP contribution in [0.4, 0.5) is 0 Å². The van der Waals surface area contributed by atoms with Gasteiger partial charge in [-0.05, 0) is 30.2 Å². The molecule has 1 fully saturated rings. The molecule has 1 aromatic rings. The van der Waals surface area contributed by atoms with Gasteiger partial charge in [0, 0.05) is 6.08 Å². The molecule has 114 valence electrons. The number of nitrogens with zero attached hydrogens (tertiary/aromatic N) is 1. The smallest absolute Gasteiger partial charge is 0.270 e. The van der Waals surface area contributed by atoms with Gasteiger partial charge in [-0.3, -0.25) is 9.63 Å². The molecule has 21 heavy (non-hydrogen) atoms. The average Bonchev–Trinajstić information content (AvgIpc) is 3.05. The van der Waals surface area contributed by atoms with Gasteiger partial charge < -0.3 is 14.2 Å². The van der Waals surface area contributed by atoms with Crippen molar-refractivity contribution in [3.8, 4) is 17.2 Å². The molecule has 0 aromatic heterocycles. The molecule has 1 aliphatic heterocycles. The Bertz CT molecular complexity index is 510. The molecule has 0 bridgehead atoms. The molecule has 0 radical (unpaired) electrons. The highest BCUT2D eigenvalue weighted by molar-refractivity contribution is 5.91. The van der Waals surface area contributed by atoms with Crippen LogP contribution in [0.3, 0.4) is 0 Å². The molecule has 6 heteroatoms. The van der Waals surface area contributed by atoms with Crippen molar-refractivity contribution in [2.75, 3.05) is 34.5 Å². The van der Waals surface area contributed by atoms with E-state index < -0.39 is 0 Å². The Labute approximate surface area is 123 Å². The number of hydrogen-bond acceptors (Lipinski definition) is 5. The fraction of sp³-hybridized carbons (Fsp3) is 0.400. The van der Waals surface area contributed by atoms with Crippen molar-refractivity contribution in [1.82, 2.24) is 5.06 Å². The maximum Gasteiger partial charge on any atom is 0.270 e. The molecular weight excluding hydrogens is 274 g/mol. The van der Waals surface area contributed by atoms with E-state index in [0.717, 1.165) is 12.0 Å². The number of hydrogen-bond donors (Lipinski definition) is 0. The zero-order chi connectivity index (χ0) is 15.2. The molecule has 0 spiro atoms. The van der Waals surface area contributed by atoms with Gasteiger partial charge in [0.25, 0.3) is 5.91 Å². The van der Waals surface area contributed by atoms with Crippen molar-refractivity contribution in [3.05, 3.63) is 23.8 Å². The van der Waals surface area contributed by atoms with Crippen molar-refractivity contribution >= 4 is 12.0 Å². The topological polar surface area (TPSA) is 57.2 Å². The summed E-state index contributed by atoms with van der Waals surface area (Å²) in [6.07, 6.45) is 4.02. The van der Waals surface area contributed by atoms with Crippen LogP contribution in [0.25, 0.3) is 6.08 Å². The zero-order valence-electron chi connectivity index (χ0n) is 12.4. The van der Waals surface area contributed by atoms with Crippen molar-refractivity contribution < 1.29 is 23.8 Å². The van der Waals surface area contributed by atoms with E-state index in [0.29, 0.717) is 30.4 Å². The summed E-state index contributed by atoms with van der Waals surface area (Å²) in [5.41, 5.74) is 0.775. The number of rotatable bonds is 5. The minimum Gasteiger partial charge on any atom is -0.493 e. The van der Waals surface area contributed by atoms with Gasteiger partial charge in [0.15, 0.2) is 11.5 Å². The Morgan fingerprint density at radius 2 is 1.86 bits per heavy atom. The highest BCUT2D eigenvalue weighted by Gasteiger charge is 2.17. The van der Waals surface area contributed by atoms with Crippen molar-refractivity contribution in [2.24, 2.45) is 0 Å². The molecule has 0 atom stereocenters. The van der Waals surface area contributed by atoms with Gasteiger partial charge in [0.2, 0.25) is 5.75 Å². The summed E-state index contributed by atoms with van der Waals surface area (Å²) in [4.78, 5) is 17.1. The van der Waals surface area contributed by atoms with Crippen LogP contribution in [0, 0.1) is 0 Å². The number of carbonyl (C=O) groups is 1. The number of carbonyl (C=O) groups excluding carboxylic acids is 1. The largest absolute Gasteiger partial charge is 0.493 e. The van der Waals surface area contributed by atoms with Crippen LogP contribution in [0.15, 0.2) is 18.2 Å². The number of methoxy groups -OCH3 is 3. The minimum atomic E-state index is -0.179. The van der Waals surface area contributed by atoms with Crippen LogP contribution < -0.4 is 14.2 Å². The lowest BCUT2D eigenvalue weighted by atomic mass is 10.1. The SMILES string of the molecule is COc1cc(C=CC(=O)N2CCCO2)cc(OC)c1OC. The van der Waals surface area contributed by atoms with E-state index >= 15 is 0 Å². The molecule has 1 amide bonds. The third kappa shape index (κ3) is 3.46. The molecule has 1 aliphatic rings. The zero-order valence-corrected chi connectivity index (χ0v) is 12.4. The standard InChI is InChI=1S/C15H19NO5/c1-18-12-9-11(10-13(19-2)15(12)20-3)5-6-14(17)16-7-4-8-21-16/h5-6,9-10H,4,7-8H2,1-3H3. The molecule has 0 aliphatic carbocycles. The quantitative estimate of drug-likeness (QED) is 0.776. The number of benzene rings is 1. The first-order chi connectivity index (χ1) is 10.2. The maximum atomic E-state index is 11.9. The Morgan fingerprint density at radius 1 is 1.19 bits per heavy atom. The summed E-state index contributed by atoms with van der Waals surface area (Å²) in [5, 5.41) is 1.36. The highest BCUT2D eigenvalue weighted by atomic mass is 16.7. The fourth-order valence-electron chi connectivity index (χ4n) is 2.07. The average molecular weight is 293 g/mol. The molecule has 1 aromatic carbocycles. The van der Waals surface area contributed by atoms with E-state index in [-0.39, 0.29) is 5.91 Å². The summed E-state index contributed by atoms with van der Waals surface area (Å²) in [5.74, 6) is 1.43. The first-order valence-corrected chi connectivity index (χ1v) is 6.62. The van der Waals surface area contributed by atoms with Gasteiger partial charge in [-0.15, -0.1) is 0 Å². The minimum absolute atomic E-state index is 0.179. The van der Waals surface area contributed by atoms with Crippen LogP contribution >= 0.6 is 0 Å². The lowest BCUT2D eigenvalue weighted by Crippen LogP contribution is -2.24. The normalized spacial score (nSPS) is 14.5. The van der Waals surface area contributed by atoms with Crippen molar-refractivity contribution in [3.63, 3.8) is 0 Å². The molecule has 2 rings (SSSR count). The number of hydroxylamine groups is 2. The molecule has 1 heterocycles. The van der Waals surface area contributed by atoms with Gasteiger partial charge in [0.05, 0.1) is 34.5 Å². The van der Waals surface area contributed by atoms with E-state index in [1.807, 2.05) is 0 Å². The first kappa shape index (κ1) is 15.2. The highest BCUT2D eigenvalue weighted by Crippen LogP contribution is 2.38. The Morgan fingerprint density at radius 3 is 2.33 bits per heavy atom. The summed E-state index contributed by atoms with van der Waals surface area (Å²) >= 11 is 0. The predicted molar refractivity (Wildman–Crippen MR) is 77.4 cm³/mol. The Kier molecular flexibility index (Phi) is 5.05. The third-order valence-corrected chi connectivity index (χ3v) is 3.10.